The molecule has 0 aromatic rings. The molecule has 0 bridgehead atoms. The van der Waals surface area contributed by atoms with Crippen LogP contribution in [-0.4, -0.2) is 29.8 Å². The SMILES string of the molecule is CC1(C)OB(N2C=CC=C(Cl)C2)OC1(C)C. The number of hydrogen-bond donors (Lipinski definition) is 0. The van der Waals surface area contributed by atoms with Gasteiger partial charge in [0.2, 0.25) is 0 Å². The van der Waals surface area contributed by atoms with Crippen LogP contribution in [0, 0.1) is 0 Å². The quantitative estimate of drug-likeness (QED) is 0.659. The van der Waals surface area contributed by atoms with Gasteiger partial charge in [-0.25, -0.2) is 0 Å². The van der Waals surface area contributed by atoms with E-state index in [0.717, 1.165) is 5.03 Å². The second-order valence-corrected chi connectivity index (χ2v) is 5.68. The van der Waals surface area contributed by atoms with E-state index in [4.69, 9.17) is 20.9 Å². The summed E-state index contributed by atoms with van der Waals surface area (Å²) in [5.74, 6) is 0. The normalized spacial score (nSPS) is 27.2. The predicted octanol–water partition coefficient (Wildman–Crippen LogP) is 2.53. The summed E-state index contributed by atoms with van der Waals surface area (Å²) in [4.78, 5) is 1.96. The molecule has 0 spiro atoms. The summed E-state index contributed by atoms with van der Waals surface area (Å²) in [5.41, 5.74) is -0.613. The molecule has 16 heavy (non-hydrogen) atoms. The van der Waals surface area contributed by atoms with Gasteiger partial charge >= 0.3 is 7.25 Å². The monoisotopic (exact) mass is 241 g/mol. The first kappa shape index (κ1) is 12.0. The van der Waals surface area contributed by atoms with Crippen molar-refractivity contribution in [3.05, 3.63) is 23.4 Å². The fourth-order valence-electron chi connectivity index (χ4n) is 1.63. The summed E-state index contributed by atoms with van der Waals surface area (Å²) in [6.07, 6.45) is 5.72. The standard InChI is InChI=1S/C11H17BClNO2/c1-10(2)11(3,4)16-12(15-10)14-7-5-6-9(13)8-14/h5-7H,8H2,1-4H3. The lowest BCUT2D eigenvalue weighted by atomic mass is 9.90. The number of allylic oxidation sites excluding steroid dienone is 2. The maximum atomic E-state index is 5.99. The first-order chi connectivity index (χ1) is 7.32. The van der Waals surface area contributed by atoms with Gasteiger partial charge in [0.15, 0.2) is 0 Å². The molecule has 0 aromatic carbocycles. The maximum Gasteiger partial charge on any atom is 0.594 e. The lowest BCUT2D eigenvalue weighted by Crippen LogP contribution is -2.41. The van der Waals surface area contributed by atoms with Crippen LogP contribution in [0.25, 0.3) is 0 Å². The average molecular weight is 242 g/mol. The molecule has 0 radical (unpaired) electrons. The van der Waals surface area contributed by atoms with Crippen molar-refractivity contribution in [2.75, 3.05) is 6.54 Å². The highest BCUT2D eigenvalue weighted by molar-refractivity contribution is 6.43. The van der Waals surface area contributed by atoms with Gasteiger partial charge in [-0.05, 0) is 46.0 Å². The third-order valence-electron chi connectivity index (χ3n) is 3.40. The number of rotatable bonds is 1. The fourth-order valence-corrected chi connectivity index (χ4v) is 1.84. The molecule has 88 valence electrons. The van der Waals surface area contributed by atoms with E-state index in [-0.39, 0.29) is 18.5 Å². The summed E-state index contributed by atoms with van der Waals surface area (Å²) in [6, 6.07) is 0. The molecule has 2 rings (SSSR count). The minimum Gasteiger partial charge on any atom is -0.384 e. The van der Waals surface area contributed by atoms with Gasteiger partial charge in [-0.1, -0.05) is 11.6 Å². The summed E-state index contributed by atoms with van der Waals surface area (Å²) in [6.45, 7) is 8.79. The van der Waals surface area contributed by atoms with Crippen LogP contribution in [-0.2, 0) is 9.31 Å². The second kappa shape index (κ2) is 3.79. The third-order valence-corrected chi connectivity index (χ3v) is 3.65. The fraction of sp³-hybridized carbons (Fsp3) is 0.636. The molecule has 3 nitrogen and oxygen atoms in total. The third kappa shape index (κ3) is 2.02. The average Bonchev–Trinajstić information content (AvgIpc) is 2.36. The van der Waals surface area contributed by atoms with E-state index < -0.39 is 0 Å². The van der Waals surface area contributed by atoms with Gasteiger partial charge in [0, 0.05) is 11.6 Å². The molecule has 1 saturated heterocycles. The number of halogens is 1. The van der Waals surface area contributed by atoms with Crippen LogP contribution in [0.5, 0.6) is 0 Å². The summed E-state index contributed by atoms with van der Waals surface area (Å²) < 4.78 is 11.8. The molecule has 1 fully saturated rings. The molecule has 0 aromatic heterocycles. The smallest absolute Gasteiger partial charge is 0.384 e. The van der Waals surface area contributed by atoms with Gasteiger partial charge in [-0.15, -0.1) is 0 Å². The maximum absolute atomic E-state index is 5.99. The zero-order valence-electron chi connectivity index (χ0n) is 10.2. The van der Waals surface area contributed by atoms with Crippen molar-refractivity contribution in [2.24, 2.45) is 0 Å². The van der Waals surface area contributed by atoms with Crippen LogP contribution in [0.4, 0.5) is 0 Å². The van der Waals surface area contributed by atoms with Gasteiger partial charge in [-0.3, -0.25) is 0 Å². The minimum absolute atomic E-state index is 0.306. The lowest BCUT2D eigenvalue weighted by molar-refractivity contribution is 0.00578. The van der Waals surface area contributed by atoms with E-state index in [9.17, 15) is 0 Å². The molecule has 0 unspecified atom stereocenters. The minimum atomic E-state index is -0.358. The highest BCUT2D eigenvalue weighted by atomic mass is 35.5. The topological polar surface area (TPSA) is 21.7 Å². The molecule has 0 atom stereocenters. The summed E-state index contributed by atoms with van der Waals surface area (Å²) in [5, 5.41) is 0.789. The summed E-state index contributed by atoms with van der Waals surface area (Å²) in [7, 11) is -0.358. The zero-order chi connectivity index (χ0) is 12.0. The Morgan fingerprint density at radius 3 is 2.31 bits per heavy atom. The van der Waals surface area contributed by atoms with Crippen molar-refractivity contribution in [1.82, 2.24) is 4.81 Å². The van der Waals surface area contributed by atoms with Crippen molar-refractivity contribution in [2.45, 2.75) is 38.9 Å². The number of nitrogens with zero attached hydrogens (tertiary/aromatic N) is 1. The van der Waals surface area contributed by atoms with E-state index in [0.29, 0.717) is 6.54 Å². The molecule has 2 aliphatic heterocycles. The molecule has 2 heterocycles. The van der Waals surface area contributed by atoms with Crippen LogP contribution in [0.1, 0.15) is 27.7 Å². The van der Waals surface area contributed by atoms with Crippen molar-refractivity contribution < 1.29 is 9.31 Å². The van der Waals surface area contributed by atoms with Gasteiger partial charge in [0.1, 0.15) is 0 Å². The van der Waals surface area contributed by atoms with Crippen molar-refractivity contribution in [1.29, 1.82) is 0 Å². The zero-order valence-corrected chi connectivity index (χ0v) is 10.9. The Hall–Kier alpha value is -0.445. The number of hydrogen-bond acceptors (Lipinski definition) is 3. The van der Waals surface area contributed by atoms with Crippen LogP contribution in [0.3, 0.4) is 0 Å². The Bertz CT molecular complexity index is 336. The Morgan fingerprint density at radius 2 is 1.81 bits per heavy atom. The van der Waals surface area contributed by atoms with E-state index >= 15 is 0 Å². The van der Waals surface area contributed by atoms with Crippen molar-refractivity contribution in [3.8, 4) is 0 Å². The molecule has 0 saturated carbocycles. The summed E-state index contributed by atoms with van der Waals surface area (Å²) >= 11 is 5.99. The Balaban J connectivity index is 2.10. The van der Waals surface area contributed by atoms with Crippen molar-refractivity contribution in [3.63, 3.8) is 0 Å². The van der Waals surface area contributed by atoms with E-state index in [1.54, 1.807) is 0 Å². The van der Waals surface area contributed by atoms with Crippen molar-refractivity contribution >= 4 is 18.9 Å². The van der Waals surface area contributed by atoms with E-state index in [2.05, 4.69) is 0 Å². The van der Waals surface area contributed by atoms with Gasteiger partial charge in [-0.2, -0.15) is 0 Å². The highest BCUT2D eigenvalue weighted by Gasteiger charge is 2.53. The molecule has 5 heteroatoms. The largest absolute Gasteiger partial charge is 0.594 e. The van der Waals surface area contributed by atoms with Gasteiger partial charge < -0.3 is 14.1 Å². The first-order valence-corrected chi connectivity index (χ1v) is 5.84. The van der Waals surface area contributed by atoms with E-state index in [1.807, 2.05) is 50.9 Å². The predicted molar refractivity (Wildman–Crippen MR) is 65.9 cm³/mol. The molecule has 0 amide bonds. The molecule has 0 aliphatic carbocycles. The molecular formula is C11H17BClNO2. The van der Waals surface area contributed by atoms with Crippen LogP contribution in [0.15, 0.2) is 23.4 Å². The molecule has 2 aliphatic rings. The van der Waals surface area contributed by atoms with Crippen LogP contribution in [0.2, 0.25) is 0 Å². The lowest BCUT2D eigenvalue weighted by Gasteiger charge is -2.32. The first-order valence-electron chi connectivity index (χ1n) is 5.46. The van der Waals surface area contributed by atoms with Gasteiger partial charge in [0.05, 0.1) is 11.2 Å². The molecule has 0 N–H and O–H groups in total. The second-order valence-electron chi connectivity index (χ2n) is 5.19. The Kier molecular flexibility index (Phi) is 2.85. The Labute approximate surface area is 102 Å². The highest BCUT2D eigenvalue weighted by Crippen LogP contribution is 2.38. The van der Waals surface area contributed by atoms with Gasteiger partial charge in [0.25, 0.3) is 0 Å². The van der Waals surface area contributed by atoms with Crippen LogP contribution < -0.4 is 0 Å². The Morgan fingerprint density at radius 1 is 1.25 bits per heavy atom. The van der Waals surface area contributed by atoms with Crippen LogP contribution >= 0.6 is 11.6 Å². The molecular weight excluding hydrogens is 224 g/mol. The van der Waals surface area contributed by atoms with E-state index in [1.165, 1.54) is 0 Å².